The van der Waals surface area contributed by atoms with Crippen molar-refractivity contribution in [3.63, 3.8) is 0 Å². The van der Waals surface area contributed by atoms with Crippen LogP contribution >= 0.6 is 0 Å². The quantitative estimate of drug-likeness (QED) is 0.702. The van der Waals surface area contributed by atoms with Gasteiger partial charge in [-0.05, 0) is 25.5 Å². The number of halogens is 4. The lowest BCUT2D eigenvalue weighted by molar-refractivity contribution is -0.139. The van der Waals surface area contributed by atoms with Gasteiger partial charge < -0.3 is 10.2 Å². The summed E-state index contributed by atoms with van der Waals surface area (Å²) in [4.78, 5) is 12.6. The summed E-state index contributed by atoms with van der Waals surface area (Å²) in [5, 5.41) is 3.25. The maximum atomic E-state index is 14.9. The zero-order valence-corrected chi connectivity index (χ0v) is 14.7. The second kappa shape index (κ2) is 6.63. The molecule has 1 atom stereocenters. The molecule has 0 radical (unpaired) electrons. The Morgan fingerprint density at radius 3 is 2.59 bits per heavy atom. The fourth-order valence-electron chi connectivity index (χ4n) is 3.45. The summed E-state index contributed by atoms with van der Waals surface area (Å²) in [6.07, 6.45) is -0.765. The van der Waals surface area contributed by atoms with Gasteiger partial charge in [0, 0.05) is 32.4 Å². The average Bonchev–Trinajstić information content (AvgIpc) is 2.82. The van der Waals surface area contributed by atoms with Crippen LogP contribution in [-0.4, -0.2) is 48.8 Å². The molecule has 1 unspecified atom stereocenters. The normalized spacial score (nSPS) is 22.6. The topological polar surface area (TPSA) is 43.2 Å². The SMILES string of the molecule is CC1CC=CN2C(=N1)C(N1CCNCC1)=Nc1ccc(C(F)(F)F)c(F)c12. The van der Waals surface area contributed by atoms with Gasteiger partial charge in [-0.1, -0.05) is 6.08 Å². The van der Waals surface area contributed by atoms with Crippen molar-refractivity contribution in [3.05, 3.63) is 35.8 Å². The average molecular weight is 381 g/mol. The van der Waals surface area contributed by atoms with Crippen molar-refractivity contribution in [1.82, 2.24) is 10.2 Å². The molecule has 0 bridgehead atoms. The van der Waals surface area contributed by atoms with E-state index in [0.717, 1.165) is 19.2 Å². The fourth-order valence-corrected chi connectivity index (χ4v) is 3.45. The van der Waals surface area contributed by atoms with Crippen LogP contribution in [0.5, 0.6) is 0 Å². The summed E-state index contributed by atoms with van der Waals surface area (Å²) in [6, 6.07) is 1.90. The number of hydrogen-bond donors (Lipinski definition) is 1. The van der Waals surface area contributed by atoms with Gasteiger partial charge in [0.05, 0.1) is 17.3 Å². The third kappa shape index (κ3) is 3.20. The Labute approximate surface area is 154 Å². The number of anilines is 1. The molecule has 5 nitrogen and oxygen atoms in total. The highest BCUT2D eigenvalue weighted by Crippen LogP contribution is 2.43. The number of piperazine rings is 1. The van der Waals surface area contributed by atoms with Crippen molar-refractivity contribution in [1.29, 1.82) is 0 Å². The molecule has 0 saturated carbocycles. The summed E-state index contributed by atoms with van der Waals surface area (Å²) < 4.78 is 54.5. The second-order valence-electron chi connectivity index (χ2n) is 6.76. The zero-order valence-electron chi connectivity index (χ0n) is 14.7. The highest BCUT2D eigenvalue weighted by Gasteiger charge is 2.39. The van der Waals surface area contributed by atoms with Crippen LogP contribution in [0, 0.1) is 5.82 Å². The van der Waals surface area contributed by atoms with Crippen LogP contribution < -0.4 is 10.2 Å². The predicted octanol–water partition coefficient (Wildman–Crippen LogP) is 3.30. The number of hydrogen-bond acceptors (Lipinski definition) is 5. The Balaban J connectivity index is 1.91. The van der Waals surface area contributed by atoms with Crippen LogP contribution in [-0.2, 0) is 6.18 Å². The van der Waals surface area contributed by atoms with Crippen LogP contribution in [0.2, 0.25) is 0 Å². The van der Waals surface area contributed by atoms with E-state index in [1.807, 2.05) is 11.8 Å². The Hall–Kier alpha value is -2.42. The minimum absolute atomic E-state index is 0.0789. The summed E-state index contributed by atoms with van der Waals surface area (Å²) in [6.45, 7) is 4.84. The van der Waals surface area contributed by atoms with Crippen LogP contribution in [0.15, 0.2) is 34.4 Å². The van der Waals surface area contributed by atoms with Gasteiger partial charge in [-0.3, -0.25) is 9.89 Å². The Morgan fingerprint density at radius 1 is 1.15 bits per heavy atom. The van der Waals surface area contributed by atoms with Gasteiger partial charge in [0.15, 0.2) is 17.5 Å². The van der Waals surface area contributed by atoms with Gasteiger partial charge >= 0.3 is 6.18 Å². The van der Waals surface area contributed by atoms with Crippen LogP contribution in [0.3, 0.4) is 0 Å². The number of nitrogens with zero attached hydrogens (tertiary/aromatic N) is 4. The molecule has 0 aromatic heterocycles. The minimum Gasteiger partial charge on any atom is -0.351 e. The number of amidine groups is 2. The maximum absolute atomic E-state index is 14.9. The first-order valence-corrected chi connectivity index (χ1v) is 8.84. The molecular weight excluding hydrogens is 362 g/mol. The molecule has 0 amide bonds. The summed E-state index contributed by atoms with van der Waals surface area (Å²) >= 11 is 0. The molecule has 1 saturated heterocycles. The van der Waals surface area contributed by atoms with E-state index in [0.29, 0.717) is 31.2 Å². The van der Waals surface area contributed by atoms with Crippen LogP contribution in [0.1, 0.15) is 18.9 Å². The van der Waals surface area contributed by atoms with E-state index in [4.69, 9.17) is 0 Å². The molecule has 3 heterocycles. The van der Waals surface area contributed by atoms with Crippen molar-refractivity contribution in [2.75, 3.05) is 31.1 Å². The van der Waals surface area contributed by atoms with Gasteiger partial charge in [0.1, 0.15) is 5.69 Å². The van der Waals surface area contributed by atoms with Gasteiger partial charge in [-0.2, -0.15) is 13.2 Å². The molecular formula is C18H19F4N5. The van der Waals surface area contributed by atoms with Gasteiger partial charge in [0.25, 0.3) is 0 Å². The minimum atomic E-state index is -4.78. The molecule has 4 rings (SSSR count). The van der Waals surface area contributed by atoms with Gasteiger partial charge in [-0.25, -0.2) is 9.38 Å². The highest BCUT2D eigenvalue weighted by atomic mass is 19.4. The smallest absolute Gasteiger partial charge is 0.351 e. The van der Waals surface area contributed by atoms with E-state index in [1.165, 1.54) is 11.0 Å². The third-order valence-electron chi connectivity index (χ3n) is 4.79. The number of rotatable bonds is 0. The first kappa shape index (κ1) is 18.0. The monoisotopic (exact) mass is 381 g/mol. The zero-order chi connectivity index (χ0) is 19.2. The standard InChI is InChI=1S/C18H19F4N5/c1-11-3-2-8-27-15-13(5-4-12(14(15)19)18(20,21)22)25-16(17(27)24-11)26-9-6-23-7-10-26/h2,4-5,8,11,23H,3,6-7,9-10H2,1H3. The number of alkyl halides is 3. The molecule has 144 valence electrons. The molecule has 27 heavy (non-hydrogen) atoms. The van der Waals surface area contributed by atoms with Crippen LogP contribution in [0.25, 0.3) is 0 Å². The Kier molecular flexibility index (Phi) is 4.41. The first-order valence-electron chi connectivity index (χ1n) is 8.84. The lowest BCUT2D eigenvalue weighted by Crippen LogP contribution is -2.52. The largest absolute Gasteiger partial charge is 0.419 e. The number of nitrogens with one attached hydrogen (secondary N) is 1. The molecule has 0 aliphatic carbocycles. The predicted molar refractivity (Wildman–Crippen MR) is 96.1 cm³/mol. The van der Waals surface area contributed by atoms with E-state index < -0.39 is 17.6 Å². The summed E-state index contributed by atoms with van der Waals surface area (Å²) in [7, 11) is 0. The summed E-state index contributed by atoms with van der Waals surface area (Å²) in [5.41, 5.74) is -1.33. The number of fused-ring (bicyclic) bond motifs is 3. The Morgan fingerprint density at radius 2 is 1.89 bits per heavy atom. The van der Waals surface area contributed by atoms with Crippen LogP contribution in [0.4, 0.5) is 28.9 Å². The van der Waals surface area contributed by atoms with Gasteiger partial charge in [-0.15, -0.1) is 0 Å². The van der Waals surface area contributed by atoms with Gasteiger partial charge in [0.2, 0.25) is 0 Å². The molecule has 3 aliphatic heterocycles. The molecule has 0 spiro atoms. The molecule has 1 N–H and O–H groups in total. The van der Waals surface area contributed by atoms with Crippen molar-refractivity contribution < 1.29 is 17.6 Å². The van der Waals surface area contributed by atoms with E-state index in [1.54, 1.807) is 12.3 Å². The molecule has 1 aromatic carbocycles. The molecule has 1 aromatic rings. The van der Waals surface area contributed by atoms with Crippen molar-refractivity contribution in [2.45, 2.75) is 25.6 Å². The first-order chi connectivity index (χ1) is 12.9. The van der Waals surface area contributed by atoms with E-state index in [-0.39, 0.29) is 17.4 Å². The maximum Gasteiger partial charge on any atom is 0.419 e. The van der Waals surface area contributed by atoms with E-state index >= 15 is 0 Å². The Bertz CT molecular complexity index is 837. The molecule has 9 heteroatoms. The number of aliphatic imine (C=N–C) groups is 2. The van der Waals surface area contributed by atoms with Crippen molar-refractivity contribution >= 4 is 23.0 Å². The summed E-state index contributed by atoms with van der Waals surface area (Å²) in [5.74, 6) is -0.361. The lowest BCUT2D eigenvalue weighted by atomic mass is 10.1. The van der Waals surface area contributed by atoms with Crippen molar-refractivity contribution in [3.8, 4) is 0 Å². The fraction of sp³-hybridized carbons (Fsp3) is 0.444. The molecule has 1 fully saturated rings. The number of benzene rings is 1. The van der Waals surface area contributed by atoms with E-state index in [9.17, 15) is 17.6 Å². The van der Waals surface area contributed by atoms with E-state index in [2.05, 4.69) is 15.3 Å². The van der Waals surface area contributed by atoms with Crippen molar-refractivity contribution in [2.24, 2.45) is 9.98 Å². The lowest BCUT2D eigenvalue weighted by Gasteiger charge is -2.36. The third-order valence-corrected chi connectivity index (χ3v) is 4.79. The second-order valence-corrected chi connectivity index (χ2v) is 6.76. The highest BCUT2D eigenvalue weighted by molar-refractivity contribution is 6.47. The molecule has 3 aliphatic rings.